The number of hydrogen-bond donors (Lipinski definition) is 1. The Balaban J connectivity index is 2.16. The van der Waals surface area contributed by atoms with Crippen molar-refractivity contribution in [3.05, 3.63) is 35.4 Å². The van der Waals surface area contributed by atoms with Crippen LogP contribution in [0.3, 0.4) is 0 Å². The third-order valence-electron chi connectivity index (χ3n) is 2.50. The molecule has 0 saturated carbocycles. The average Bonchev–Trinajstić information content (AvgIpc) is 2.25. The second-order valence-electron chi connectivity index (χ2n) is 3.76. The highest BCUT2D eigenvalue weighted by molar-refractivity contribution is 5.25. The fourth-order valence-electron chi connectivity index (χ4n) is 1.51. The van der Waals surface area contributed by atoms with Crippen molar-refractivity contribution in [1.82, 2.24) is 5.32 Å². The van der Waals surface area contributed by atoms with Crippen LogP contribution in [0.1, 0.15) is 30.4 Å². The Morgan fingerprint density at radius 2 is 2.07 bits per heavy atom. The van der Waals surface area contributed by atoms with Gasteiger partial charge in [-0.25, -0.2) is 0 Å². The standard InChI is InChI=1S/C14H19N/c1-3-4-5-8-11-15-12-14-10-7-6-9-13(14)2/h1,6-7,9-10,15H,4-5,8,11-12H2,2H3. The molecule has 0 aliphatic heterocycles. The largest absolute Gasteiger partial charge is 0.313 e. The molecule has 15 heavy (non-hydrogen) atoms. The molecule has 0 atom stereocenters. The highest BCUT2D eigenvalue weighted by atomic mass is 14.8. The second kappa shape index (κ2) is 7.09. The van der Waals surface area contributed by atoms with Crippen molar-refractivity contribution in [3.63, 3.8) is 0 Å². The van der Waals surface area contributed by atoms with Gasteiger partial charge in [-0.05, 0) is 37.4 Å². The van der Waals surface area contributed by atoms with E-state index >= 15 is 0 Å². The fourth-order valence-corrected chi connectivity index (χ4v) is 1.51. The third kappa shape index (κ3) is 4.67. The molecule has 0 saturated heterocycles. The lowest BCUT2D eigenvalue weighted by Gasteiger charge is -2.06. The molecule has 0 aliphatic carbocycles. The fraction of sp³-hybridized carbons (Fsp3) is 0.429. The monoisotopic (exact) mass is 201 g/mol. The molecule has 80 valence electrons. The lowest BCUT2D eigenvalue weighted by molar-refractivity contribution is 0.628. The molecule has 0 bridgehead atoms. The molecule has 0 radical (unpaired) electrons. The first-order valence-electron chi connectivity index (χ1n) is 5.53. The van der Waals surface area contributed by atoms with Gasteiger partial charge in [0.2, 0.25) is 0 Å². The molecule has 1 aromatic rings. The molecular weight excluding hydrogens is 182 g/mol. The topological polar surface area (TPSA) is 12.0 Å². The lowest BCUT2D eigenvalue weighted by Crippen LogP contribution is -2.15. The van der Waals surface area contributed by atoms with E-state index in [2.05, 4.69) is 42.4 Å². The van der Waals surface area contributed by atoms with Crippen molar-refractivity contribution in [2.75, 3.05) is 6.54 Å². The highest BCUT2D eigenvalue weighted by Gasteiger charge is 1.95. The third-order valence-corrected chi connectivity index (χ3v) is 2.50. The Morgan fingerprint density at radius 3 is 2.80 bits per heavy atom. The average molecular weight is 201 g/mol. The smallest absolute Gasteiger partial charge is 0.0208 e. The van der Waals surface area contributed by atoms with Crippen molar-refractivity contribution in [3.8, 4) is 12.3 Å². The van der Waals surface area contributed by atoms with Gasteiger partial charge in [0.15, 0.2) is 0 Å². The first-order valence-corrected chi connectivity index (χ1v) is 5.53. The van der Waals surface area contributed by atoms with E-state index < -0.39 is 0 Å². The van der Waals surface area contributed by atoms with E-state index in [-0.39, 0.29) is 0 Å². The van der Waals surface area contributed by atoms with Gasteiger partial charge in [-0.2, -0.15) is 0 Å². The van der Waals surface area contributed by atoms with E-state index in [1.54, 1.807) is 0 Å². The van der Waals surface area contributed by atoms with Crippen LogP contribution in [0.2, 0.25) is 0 Å². The Hall–Kier alpha value is -1.26. The zero-order valence-electron chi connectivity index (χ0n) is 9.42. The maximum atomic E-state index is 5.18. The summed E-state index contributed by atoms with van der Waals surface area (Å²) in [4.78, 5) is 0. The first kappa shape index (κ1) is 11.8. The minimum Gasteiger partial charge on any atom is -0.313 e. The van der Waals surface area contributed by atoms with Gasteiger partial charge in [-0.3, -0.25) is 0 Å². The number of nitrogens with one attached hydrogen (secondary N) is 1. The Labute approximate surface area is 92.9 Å². The van der Waals surface area contributed by atoms with Crippen LogP contribution in [-0.2, 0) is 6.54 Å². The quantitative estimate of drug-likeness (QED) is 0.551. The maximum absolute atomic E-state index is 5.18. The Morgan fingerprint density at radius 1 is 1.27 bits per heavy atom. The van der Waals surface area contributed by atoms with Crippen LogP contribution < -0.4 is 5.32 Å². The molecule has 1 aromatic carbocycles. The van der Waals surface area contributed by atoms with Crippen LogP contribution in [0.4, 0.5) is 0 Å². The minimum absolute atomic E-state index is 0.895. The number of terminal acetylenes is 1. The summed E-state index contributed by atoms with van der Waals surface area (Å²) in [6, 6.07) is 8.48. The zero-order valence-corrected chi connectivity index (χ0v) is 9.42. The van der Waals surface area contributed by atoms with Crippen LogP contribution in [0.15, 0.2) is 24.3 Å². The zero-order chi connectivity index (χ0) is 10.9. The number of unbranched alkanes of at least 4 members (excludes halogenated alkanes) is 2. The summed E-state index contributed by atoms with van der Waals surface area (Å²) in [7, 11) is 0. The van der Waals surface area contributed by atoms with Crippen molar-refractivity contribution in [1.29, 1.82) is 0 Å². The molecule has 0 aromatic heterocycles. The van der Waals surface area contributed by atoms with E-state index in [1.807, 2.05) is 0 Å². The van der Waals surface area contributed by atoms with Crippen molar-refractivity contribution >= 4 is 0 Å². The van der Waals surface area contributed by atoms with Gasteiger partial charge in [0.1, 0.15) is 0 Å². The van der Waals surface area contributed by atoms with E-state index in [4.69, 9.17) is 6.42 Å². The summed E-state index contributed by atoms with van der Waals surface area (Å²) >= 11 is 0. The summed E-state index contributed by atoms with van der Waals surface area (Å²) < 4.78 is 0. The van der Waals surface area contributed by atoms with E-state index in [1.165, 1.54) is 11.1 Å². The van der Waals surface area contributed by atoms with E-state index in [0.717, 1.165) is 32.4 Å². The van der Waals surface area contributed by atoms with Crippen molar-refractivity contribution in [2.24, 2.45) is 0 Å². The second-order valence-corrected chi connectivity index (χ2v) is 3.76. The van der Waals surface area contributed by atoms with Gasteiger partial charge in [0, 0.05) is 13.0 Å². The summed E-state index contributed by atoms with van der Waals surface area (Å²) in [6.07, 6.45) is 8.36. The summed E-state index contributed by atoms with van der Waals surface area (Å²) in [6.45, 7) is 4.16. The summed E-state index contributed by atoms with van der Waals surface area (Å²) in [5.41, 5.74) is 2.74. The molecule has 0 spiro atoms. The number of rotatable bonds is 6. The van der Waals surface area contributed by atoms with Crippen molar-refractivity contribution in [2.45, 2.75) is 32.7 Å². The van der Waals surface area contributed by atoms with Crippen molar-refractivity contribution < 1.29 is 0 Å². The molecule has 1 heteroatoms. The predicted molar refractivity (Wildman–Crippen MR) is 65.6 cm³/mol. The maximum Gasteiger partial charge on any atom is 0.0208 e. The van der Waals surface area contributed by atoms with Gasteiger partial charge in [0.25, 0.3) is 0 Å². The van der Waals surface area contributed by atoms with Crippen LogP contribution in [0.25, 0.3) is 0 Å². The molecule has 0 fully saturated rings. The molecule has 0 heterocycles. The normalized spacial score (nSPS) is 9.87. The number of hydrogen-bond acceptors (Lipinski definition) is 1. The van der Waals surface area contributed by atoms with Crippen LogP contribution in [0, 0.1) is 19.3 Å². The van der Waals surface area contributed by atoms with Gasteiger partial charge >= 0.3 is 0 Å². The number of benzene rings is 1. The van der Waals surface area contributed by atoms with Crippen LogP contribution in [-0.4, -0.2) is 6.54 Å². The Bertz CT molecular complexity index is 322. The molecule has 1 rings (SSSR count). The Kier molecular flexibility index (Phi) is 5.58. The molecule has 1 N–H and O–H groups in total. The van der Waals surface area contributed by atoms with E-state index in [0.29, 0.717) is 0 Å². The lowest BCUT2D eigenvalue weighted by atomic mass is 10.1. The van der Waals surface area contributed by atoms with Gasteiger partial charge in [0.05, 0.1) is 0 Å². The molecule has 0 aliphatic rings. The minimum atomic E-state index is 0.895. The summed E-state index contributed by atoms with van der Waals surface area (Å²) in [5, 5.41) is 3.43. The van der Waals surface area contributed by atoms with Crippen LogP contribution in [0.5, 0.6) is 0 Å². The molecule has 0 amide bonds. The predicted octanol–water partition coefficient (Wildman–Crippen LogP) is 2.89. The van der Waals surface area contributed by atoms with Crippen LogP contribution >= 0.6 is 0 Å². The van der Waals surface area contributed by atoms with Gasteiger partial charge in [-0.1, -0.05) is 24.3 Å². The van der Waals surface area contributed by atoms with Gasteiger partial charge in [-0.15, -0.1) is 12.3 Å². The number of aryl methyl sites for hydroxylation is 1. The van der Waals surface area contributed by atoms with E-state index in [9.17, 15) is 0 Å². The molecule has 1 nitrogen and oxygen atoms in total. The SMILES string of the molecule is C#CCCCCNCc1ccccc1C. The summed E-state index contributed by atoms with van der Waals surface area (Å²) in [5.74, 6) is 2.66. The molecule has 0 unspecified atom stereocenters. The van der Waals surface area contributed by atoms with Gasteiger partial charge < -0.3 is 5.32 Å². The highest BCUT2D eigenvalue weighted by Crippen LogP contribution is 2.06. The molecular formula is C14H19N. The first-order chi connectivity index (χ1) is 7.34.